The molecule has 0 aromatic rings. The summed E-state index contributed by atoms with van der Waals surface area (Å²) in [7, 11) is 1.69. The zero-order chi connectivity index (χ0) is 17.3. The Bertz CT molecular complexity index is 485. The van der Waals surface area contributed by atoms with E-state index in [0.717, 1.165) is 39.1 Å². The fourth-order valence-electron chi connectivity index (χ4n) is 4.19. The lowest BCUT2D eigenvalue weighted by Gasteiger charge is -2.42. The summed E-state index contributed by atoms with van der Waals surface area (Å²) in [5.41, 5.74) is 0.212. The molecule has 2 aliphatic rings. The molecule has 0 aliphatic carbocycles. The predicted octanol–water partition coefficient (Wildman–Crippen LogP) is 1.11. The van der Waals surface area contributed by atoms with E-state index < -0.39 is 10.2 Å². The number of hydrogen-bond donors (Lipinski definition) is 0. The van der Waals surface area contributed by atoms with E-state index in [4.69, 9.17) is 4.74 Å². The second kappa shape index (κ2) is 7.35. The van der Waals surface area contributed by atoms with Crippen LogP contribution in [0.5, 0.6) is 0 Å². The first-order valence-corrected chi connectivity index (χ1v) is 10.00. The summed E-state index contributed by atoms with van der Waals surface area (Å²) >= 11 is 0. The number of ether oxygens (including phenoxy) is 1. The van der Waals surface area contributed by atoms with Gasteiger partial charge in [-0.1, -0.05) is 13.8 Å². The molecule has 0 amide bonds. The Labute approximate surface area is 141 Å². The average molecular weight is 348 g/mol. The summed E-state index contributed by atoms with van der Waals surface area (Å²) in [5, 5.41) is 0. The molecule has 2 aliphatic heterocycles. The monoisotopic (exact) mass is 347 g/mol. The highest BCUT2D eigenvalue weighted by Crippen LogP contribution is 2.45. The number of likely N-dealkylation sites (tertiary alicyclic amines) is 1. The van der Waals surface area contributed by atoms with Gasteiger partial charge in [0.05, 0.1) is 6.61 Å². The lowest BCUT2D eigenvalue weighted by molar-refractivity contribution is 0.0558. The normalized spacial score (nSPS) is 26.7. The van der Waals surface area contributed by atoms with Gasteiger partial charge in [-0.15, -0.1) is 0 Å². The van der Waals surface area contributed by atoms with Crippen LogP contribution in [0.4, 0.5) is 0 Å². The Hall–Kier alpha value is -0.210. The first kappa shape index (κ1) is 19.1. The van der Waals surface area contributed by atoms with Crippen molar-refractivity contribution in [1.29, 1.82) is 0 Å². The van der Waals surface area contributed by atoms with Crippen molar-refractivity contribution in [3.8, 4) is 0 Å². The topological polar surface area (TPSA) is 53.1 Å². The third kappa shape index (κ3) is 4.07. The first-order valence-electron chi connectivity index (χ1n) is 8.60. The molecule has 2 rings (SSSR count). The molecule has 0 N–H and O–H groups in total. The van der Waals surface area contributed by atoms with Crippen LogP contribution in [0.2, 0.25) is 0 Å². The van der Waals surface area contributed by atoms with Crippen LogP contribution in [0.25, 0.3) is 0 Å². The summed E-state index contributed by atoms with van der Waals surface area (Å²) < 4.78 is 33.1. The minimum atomic E-state index is -3.29. The number of hydrogen-bond acceptors (Lipinski definition) is 4. The first-order chi connectivity index (χ1) is 10.7. The number of rotatable bonds is 6. The van der Waals surface area contributed by atoms with Gasteiger partial charge in [0, 0.05) is 59.8 Å². The fraction of sp³-hybridized carbons (Fsp3) is 1.00. The van der Waals surface area contributed by atoms with Crippen LogP contribution in [-0.2, 0) is 14.9 Å². The summed E-state index contributed by atoms with van der Waals surface area (Å²) in [6.07, 6.45) is 1.87. The van der Waals surface area contributed by atoms with E-state index in [0.29, 0.717) is 24.9 Å². The fourth-order valence-corrected chi connectivity index (χ4v) is 5.30. The summed E-state index contributed by atoms with van der Waals surface area (Å²) in [6, 6.07) is 0. The Kier molecular flexibility index (Phi) is 6.11. The SMILES string of the molecule is COC[C@H]1CN(CC(C)C)CC12CCN(S(=O)(=O)N(C)C)CC2. The Balaban J connectivity index is 2.07. The predicted molar refractivity (Wildman–Crippen MR) is 92.5 cm³/mol. The summed E-state index contributed by atoms with van der Waals surface area (Å²) in [4.78, 5) is 2.55. The van der Waals surface area contributed by atoms with Crippen LogP contribution in [-0.4, -0.2) is 82.5 Å². The maximum absolute atomic E-state index is 12.3. The minimum absolute atomic E-state index is 0.212. The van der Waals surface area contributed by atoms with E-state index in [1.807, 2.05) is 0 Å². The van der Waals surface area contributed by atoms with Gasteiger partial charge in [0.2, 0.25) is 0 Å². The molecule has 1 spiro atoms. The molecule has 2 fully saturated rings. The van der Waals surface area contributed by atoms with Crippen molar-refractivity contribution in [3.05, 3.63) is 0 Å². The molecule has 0 saturated carbocycles. The largest absolute Gasteiger partial charge is 0.384 e. The Morgan fingerprint density at radius 2 is 1.87 bits per heavy atom. The summed E-state index contributed by atoms with van der Waals surface area (Å²) in [6.45, 7) is 9.79. The van der Waals surface area contributed by atoms with E-state index in [2.05, 4.69) is 18.7 Å². The van der Waals surface area contributed by atoms with Gasteiger partial charge in [0.15, 0.2) is 0 Å². The molecule has 0 aromatic heterocycles. The Morgan fingerprint density at radius 1 is 1.26 bits per heavy atom. The van der Waals surface area contributed by atoms with E-state index in [1.54, 1.807) is 25.5 Å². The van der Waals surface area contributed by atoms with Crippen LogP contribution in [0.3, 0.4) is 0 Å². The van der Waals surface area contributed by atoms with Crippen LogP contribution < -0.4 is 0 Å². The molecule has 0 unspecified atom stereocenters. The molecular weight excluding hydrogens is 314 g/mol. The van der Waals surface area contributed by atoms with Crippen molar-refractivity contribution in [2.75, 3.05) is 60.5 Å². The molecule has 2 saturated heterocycles. The average Bonchev–Trinajstić information content (AvgIpc) is 2.76. The van der Waals surface area contributed by atoms with Crippen molar-refractivity contribution in [1.82, 2.24) is 13.5 Å². The van der Waals surface area contributed by atoms with Gasteiger partial charge in [-0.3, -0.25) is 0 Å². The van der Waals surface area contributed by atoms with Crippen LogP contribution in [0.15, 0.2) is 0 Å². The van der Waals surface area contributed by atoms with Crippen LogP contribution in [0, 0.1) is 17.3 Å². The number of piperidine rings is 1. The number of nitrogens with zero attached hydrogens (tertiary/aromatic N) is 3. The van der Waals surface area contributed by atoms with E-state index in [-0.39, 0.29) is 5.41 Å². The van der Waals surface area contributed by atoms with E-state index in [9.17, 15) is 8.42 Å². The van der Waals surface area contributed by atoms with Gasteiger partial charge in [-0.2, -0.15) is 17.0 Å². The summed E-state index contributed by atoms with van der Waals surface area (Å²) in [5.74, 6) is 1.16. The van der Waals surface area contributed by atoms with Crippen molar-refractivity contribution >= 4 is 10.2 Å². The Morgan fingerprint density at radius 3 is 2.35 bits per heavy atom. The molecular formula is C16H33N3O3S. The van der Waals surface area contributed by atoms with Crippen LogP contribution >= 0.6 is 0 Å². The lowest BCUT2D eigenvalue weighted by atomic mass is 9.71. The van der Waals surface area contributed by atoms with Gasteiger partial charge >= 0.3 is 0 Å². The van der Waals surface area contributed by atoms with Crippen molar-refractivity contribution in [3.63, 3.8) is 0 Å². The quantitative estimate of drug-likeness (QED) is 0.722. The van der Waals surface area contributed by atoms with Gasteiger partial charge in [0.1, 0.15) is 0 Å². The van der Waals surface area contributed by atoms with Crippen molar-refractivity contribution < 1.29 is 13.2 Å². The van der Waals surface area contributed by atoms with Crippen LogP contribution in [0.1, 0.15) is 26.7 Å². The standard InChI is InChI=1S/C16H33N3O3S/c1-14(2)10-18-11-15(12-22-5)16(13-18)6-8-19(9-7-16)23(20,21)17(3)4/h14-15H,6-13H2,1-5H3/t15-/m1/s1. The highest BCUT2D eigenvalue weighted by Gasteiger charge is 2.49. The lowest BCUT2D eigenvalue weighted by Crippen LogP contribution is -2.50. The molecule has 136 valence electrons. The van der Waals surface area contributed by atoms with Gasteiger partial charge in [-0.25, -0.2) is 0 Å². The van der Waals surface area contributed by atoms with Gasteiger partial charge < -0.3 is 9.64 Å². The van der Waals surface area contributed by atoms with E-state index in [1.165, 1.54) is 4.31 Å². The molecule has 23 heavy (non-hydrogen) atoms. The molecule has 0 bridgehead atoms. The molecule has 1 atom stereocenters. The highest BCUT2D eigenvalue weighted by molar-refractivity contribution is 7.86. The smallest absolute Gasteiger partial charge is 0.281 e. The second-order valence-electron chi connectivity index (χ2n) is 7.79. The highest BCUT2D eigenvalue weighted by atomic mass is 32.2. The molecule has 0 radical (unpaired) electrons. The molecule has 2 heterocycles. The van der Waals surface area contributed by atoms with Crippen molar-refractivity contribution in [2.24, 2.45) is 17.3 Å². The second-order valence-corrected chi connectivity index (χ2v) is 9.93. The molecule has 0 aromatic carbocycles. The van der Waals surface area contributed by atoms with Gasteiger partial charge in [0.25, 0.3) is 10.2 Å². The van der Waals surface area contributed by atoms with Gasteiger partial charge in [-0.05, 0) is 24.2 Å². The number of methoxy groups -OCH3 is 1. The third-order valence-electron chi connectivity index (χ3n) is 5.38. The van der Waals surface area contributed by atoms with Crippen molar-refractivity contribution in [2.45, 2.75) is 26.7 Å². The minimum Gasteiger partial charge on any atom is -0.384 e. The third-order valence-corrected chi connectivity index (χ3v) is 7.32. The maximum Gasteiger partial charge on any atom is 0.281 e. The molecule has 6 nitrogen and oxygen atoms in total. The zero-order valence-electron chi connectivity index (χ0n) is 15.3. The van der Waals surface area contributed by atoms with E-state index >= 15 is 0 Å². The maximum atomic E-state index is 12.3. The molecule has 7 heteroatoms. The zero-order valence-corrected chi connectivity index (χ0v) is 16.1.